The molecular weight excluding hydrogens is 344 g/mol. The topological polar surface area (TPSA) is 81.9 Å². The maximum Gasteiger partial charge on any atom is 0.286 e. The van der Waals surface area contributed by atoms with Crippen LogP contribution in [0.25, 0.3) is 0 Å². The number of thiophene rings is 1. The average molecular weight is 364 g/mol. The van der Waals surface area contributed by atoms with Gasteiger partial charge in [-0.1, -0.05) is 0 Å². The van der Waals surface area contributed by atoms with Gasteiger partial charge in [0.1, 0.15) is 5.56 Å². The number of aryl methyl sites for hydroxylation is 1. The summed E-state index contributed by atoms with van der Waals surface area (Å²) >= 11 is 1.58. The molecule has 0 unspecified atom stereocenters. The quantitative estimate of drug-likeness (QED) is 0.553. The predicted molar refractivity (Wildman–Crippen MR) is 95.7 cm³/mol. The number of ether oxygens (including phenoxy) is 2. The second-order valence-corrected chi connectivity index (χ2v) is 6.76. The second kappa shape index (κ2) is 7.98. The van der Waals surface area contributed by atoms with E-state index in [1.165, 1.54) is 24.1 Å². The molecule has 1 amide bonds. The molecule has 0 spiro atoms. The monoisotopic (exact) mass is 364 g/mol. The predicted octanol–water partition coefficient (Wildman–Crippen LogP) is 3.64. The summed E-state index contributed by atoms with van der Waals surface area (Å²) in [7, 11) is 3.01. The molecule has 2 rings (SSSR count). The van der Waals surface area contributed by atoms with Crippen LogP contribution in [0, 0.1) is 17.0 Å². The molecule has 8 heteroatoms. The fraction of sp³-hybridized carbons (Fsp3) is 0.353. The van der Waals surface area contributed by atoms with Crippen LogP contribution in [0.15, 0.2) is 24.3 Å². The van der Waals surface area contributed by atoms with Gasteiger partial charge in [0, 0.05) is 22.9 Å². The molecule has 0 bridgehead atoms. The zero-order valence-corrected chi connectivity index (χ0v) is 15.4. The Labute approximate surface area is 149 Å². The van der Waals surface area contributed by atoms with E-state index in [-0.39, 0.29) is 17.0 Å². The Morgan fingerprint density at radius 2 is 2.04 bits per heavy atom. The summed E-state index contributed by atoms with van der Waals surface area (Å²) in [6.07, 6.45) is 0. The lowest BCUT2D eigenvalue weighted by Crippen LogP contribution is -2.26. The number of nitrogens with zero attached hydrogens (tertiary/aromatic N) is 2. The number of carbonyl (C=O) groups is 1. The first-order valence-corrected chi connectivity index (χ1v) is 8.49. The third-order valence-corrected chi connectivity index (χ3v) is 4.53. The minimum absolute atomic E-state index is 0.0231. The molecule has 7 nitrogen and oxygen atoms in total. The van der Waals surface area contributed by atoms with E-state index in [1.807, 2.05) is 19.1 Å². The van der Waals surface area contributed by atoms with E-state index in [1.54, 1.807) is 25.3 Å². The molecule has 1 aromatic carbocycles. The Morgan fingerprint density at radius 3 is 2.56 bits per heavy atom. The van der Waals surface area contributed by atoms with Crippen LogP contribution < -0.4 is 9.47 Å². The van der Waals surface area contributed by atoms with Gasteiger partial charge < -0.3 is 14.4 Å². The maximum absolute atomic E-state index is 12.8. The van der Waals surface area contributed by atoms with Crippen LogP contribution in [-0.2, 0) is 6.54 Å². The lowest BCUT2D eigenvalue weighted by atomic mass is 10.1. The first-order chi connectivity index (χ1) is 11.9. The summed E-state index contributed by atoms with van der Waals surface area (Å²) in [5.41, 5.74) is -0.329. The van der Waals surface area contributed by atoms with Crippen LogP contribution in [0.2, 0.25) is 0 Å². The van der Waals surface area contributed by atoms with Crippen LogP contribution in [0.1, 0.15) is 27.0 Å². The second-order valence-electron chi connectivity index (χ2n) is 5.38. The molecule has 0 aliphatic rings. The molecular formula is C17H20N2O5S. The van der Waals surface area contributed by atoms with Crippen molar-refractivity contribution < 1.29 is 19.2 Å². The smallest absolute Gasteiger partial charge is 0.286 e. The fourth-order valence-electron chi connectivity index (χ4n) is 2.38. The zero-order chi connectivity index (χ0) is 18.6. The van der Waals surface area contributed by atoms with Crippen molar-refractivity contribution in [2.75, 3.05) is 20.8 Å². The number of nitro benzene ring substituents is 1. The average Bonchev–Trinajstić information content (AvgIpc) is 2.98. The van der Waals surface area contributed by atoms with Crippen LogP contribution in [0.5, 0.6) is 11.5 Å². The van der Waals surface area contributed by atoms with Gasteiger partial charge in [0.05, 0.1) is 31.3 Å². The molecule has 134 valence electrons. The Balaban J connectivity index is 2.38. The number of benzene rings is 1. The lowest BCUT2D eigenvalue weighted by molar-refractivity contribution is -0.385. The molecule has 2 aromatic rings. The van der Waals surface area contributed by atoms with Gasteiger partial charge in [0.2, 0.25) is 0 Å². The van der Waals surface area contributed by atoms with Crippen molar-refractivity contribution >= 4 is 22.9 Å². The van der Waals surface area contributed by atoms with Gasteiger partial charge in [-0.05, 0) is 26.0 Å². The van der Waals surface area contributed by atoms with Crippen molar-refractivity contribution in [1.29, 1.82) is 0 Å². The standard InChI is InChI=1S/C17H20N2O5S/c1-5-24-16-8-13(14(19(21)22)9-15(16)23-4)17(20)18(3)10-12-7-6-11(2)25-12/h6-9H,5,10H2,1-4H3. The van der Waals surface area contributed by atoms with E-state index in [2.05, 4.69) is 0 Å². The number of methoxy groups -OCH3 is 1. The first kappa shape index (κ1) is 18.7. The molecule has 0 N–H and O–H groups in total. The highest BCUT2D eigenvalue weighted by Gasteiger charge is 2.27. The summed E-state index contributed by atoms with van der Waals surface area (Å²) in [5, 5.41) is 11.4. The van der Waals surface area contributed by atoms with Gasteiger partial charge in [0.15, 0.2) is 11.5 Å². The number of nitro groups is 1. The Bertz CT molecular complexity index is 787. The zero-order valence-electron chi connectivity index (χ0n) is 14.6. The molecule has 1 aromatic heterocycles. The van der Waals surface area contributed by atoms with Crippen LogP contribution in [0.3, 0.4) is 0 Å². The van der Waals surface area contributed by atoms with Gasteiger partial charge in [0.25, 0.3) is 11.6 Å². The number of hydrogen-bond donors (Lipinski definition) is 0. The van der Waals surface area contributed by atoms with Crippen molar-refractivity contribution in [2.45, 2.75) is 20.4 Å². The summed E-state index contributed by atoms with van der Waals surface area (Å²) in [4.78, 5) is 27.2. The van der Waals surface area contributed by atoms with Gasteiger partial charge >= 0.3 is 0 Å². The van der Waals surface area contributed by atoms with Crippen LogP contribution >= 0.6 is 11.3 Å². The van der Waals surface area contributed by atoms with Gasteiger partial charge in [-0.2, -0.15) is 0 Å². The van der Waals surface area contributed by atoms with E-state index in [0.717, 1.165) is 9.75 Å². The molecule has 0 saturated carbocycles. The SMILES string of the molecule is CCOc1cc(C(=O)N(C)Cc2ccc(C)s2)c([N+](=O)[O-])cc1OC. The molecule has 0 saturated heterocycles. The number of rotatable bonds is 7. The molecule has 0 aliphatic heterocycles. The van der Waals surface area contributed by atoms with Crippen molar-refractivity contribution in [2.24, 2.45) is 0 Å². The Kier molecular flexibility index (Phi) is 5.97. The number of carbonyl (C=O) groups excluding carboxylic acids is 1. The molecule has 0 aliphatic carbocycles. The maximum atomic E-state index is 12.8. The fourth-order valence-corrected chi connectivity index (χ4v) is 3.32. The molecule has 25 heavy (non-hydrogen) atoms. The van der Waals surface area contributed by atoms with Crippen molar-refractivity contribution in [1.82, 2.24) is 4.90 Å². The van der Waals surface area contributed by atoms with E-state index in [0.29, 0.717) is 18.9 Å². The first-order valence-electron chi connectivity index (χ1n) is 7.67. The van der Waals surface area contributed by atoms with E-state index in [9.17, 15) is 14.9 Å². The highest BCUT2D eigenvalue weighted by Crippen LogP contribution is 2.35. The van der Waals surface area contributed by atoms with E-state index >= 15 is 0 Å². The summed E-state index contributed by atoms with van der Waals surface area (Å²) in [5.74, 6) is 0.0855. The molecule has 0 radical (unpaired) electrons. The third kappa shape index (κ3) is 4.27. The van der Waals surface area contributed by atoms with E-state index in [4.69, 9.17) is 9.47 Å². The van der Waals surface area contributed by atoms with Gasteiger partial charge in [-0.15, -0.1) is 11.3 Å². The Hall–Kier alpha value is -2.61. The Morgan fingerprint density at radius 1 is 1.32 bits per heavy atom. The summed E-state index contributed by atoms with van der Waals surface area (Å²) in [6.45, 7) is 4.50. The number of amides is 1. The van der Waals surface area contributed by atoms with Crippen LogP contribution in [0.4, 0.5) is 5.69 Å². The minimum Gasteiger partial charge on any atom is -0.493 e. The van der Waals surface area contributed by atoms with Crippen LogP contribution in [-0.4, -0.2) is 36.5 Å². The van der Waals surface area contributed by atoms with E-state index < -0.39 is 10.8 Å². The normalized spacial score (nSPS) is 10.4. The summed E-state index contributed by atoms with van der Waals surface area (Å²) < 4.78 is 10.6. The highest BCUT2D eigenvalue weighted by atomic mass is 32.1. The summed E-state index contributed by atoms with van der Waals surface area (Å²) in [6, 6.07) is 6.51. The van der Waals surface area contributed by atoms with Crippen molar-refractivity contribution in [3.05, 3.63) is 49.7 Å². The van der Waals surface area contributed by atoms with Gasteiger partial charge in [-0.3, -0.25) is 14.9 Å². The highest BCUT2D eigenvalue weighted by molar-refractivity contribution is 7.11. The number of hydrogen-bond acceptors (Lipinski definition) is 6. The largest absolute Gasteiger partial charge is 0.493 e. The third-order valence-electron chi connectivity index (χ3n) is 3.54. The van der Waals surface area contributed by atoms with Gasteiger partial charge in [-0.25, -0.2) is 0 Å². The van der Waals surface area contributed by atoms with Crippen molar-refractivity contribution in [3.63, 3.8) is 0 Å². The van der Waals surface area contributed by atoms with Crippen molar-refractivity contribution in [3.8, 4) is 11.5 Å². The molecule has 0 atom stereocenters. The molecule has 0 fully saturated rings. The molecule has 1 heterocycles. The lowest BCUT2D eigenvalue weighted by Gasteiger charge is -2.18. The minimum atomic E-state index is -0.589.